The van der Waals surface area contributed by atoms with E-state index in [2.05, 4.69) is 26.2 Å². The zero-order valence-corrected chi connectivity index (χ0v) is 12.2. The Morgan fingerprint density at radius 2 is 2.28 bits per heavy atom. The van der Waals surface area contributed by atoms with Gasteiger partial charge in [-0.1, -0.05) is 0 Å². The number of rotatable bonds is 4. The summed E-state index contributed by atoms with van der Waals surface area (Å²) in [6, 6.07) is 1.76. The molecule has 1 saturated carbocycles. The average Bonchev–Trinajstić information content (AvgIpc) is 2.28. The number of methoxy groups -OCH3 is 1. The third-order valence-corrected chi connectivity index (χ3v) is 4.14. The van der Waals surface area contributed by atoms with Crippen LogP contribution in [0.1, 0.15) is 36.5 Å². The summed E-state index contributed by atoms with van der Waals surface area (Å²) in [5, 5.41) is 2.99. The predicted molar refractivity (Wildman–Crippen MR) is 72.5 cm³/mol. The fourth-order valence-corrected chi connectivity index (χ4v) is 2.65. The van der Waals surface area contributed by atoms with Gasteiger partial charge in [-0.25, -0.2) is 0 Å². The van der Waals surface area contributed by atoms with E-state index in [9.17, 15) is 4.79 Å². The van der Waals surface area contributed by atoms with Crippen LogP contribution in [0.2, 0.25) is 0 Å². The van der Waals surface area contributed by atoms with Crippen molar-refractivity contribution in [3.63, 3.8) is 0 Å². The number of pyridine rings is 1. The second kappa shape index (κ2) is 5.36. The summed E-state index contributed by atoms with van der Waals surface area (Å²) >= 11 is 3.31. The molecule has 1 N–H and O–H groups in total. The number of hydrogen-bond acceptors (Lipinski definition) is 3. The van der Waals surface area contributed by atoms with Crippen LogP contribution in [-0.4, -0.2) is 29.6 Å². The fraction of sp³-hybridized carbons (Fsp3) is 0.538. The van der Waals surface area contributed by atoms with Gasteiger partial charge in [0.05, 0.1) is 17.2 Å². The Labute approximate surface area is 115 Å². The number of hydrogen-bond donors (Lipinski definition) is 1. The van der Waals surface area contributed by atoms with E-state index in [1.807, 2.05) is 6.92 Å². The van der Waals surface area contributed by atoms with Crippen LogP contribution >= 0.6 is 15.9 Å². The SMILES string of the molecule is COC1(C(C)NC(=O)c2cncc(Br)c2)CCC1. The highest BCUT2D eigenvalue weighted by Gasteiger charge is 2.42. The molecule has 1 heterocycles. The van der Waals surface area contributed by atoms with Gasteiger partial charge in [0.25, 0.3) is 5.91 Å². The van der Waals surface area contributed by atoms with Crippen molar-refractivity contribution in [1.29, 1.82) is 0 Å². The van der Waals surface area contributed by atoms with Crippen molar-refractivity contribution < 1.29 is 9.53 Å². The molecule has 1 aromatic rings. The number of ether oxygens (including phenoxy) is 1. The predicted octanol–water partition coefficient (Wildman–Crippen LogP) is 2.53. The van der Waals surface area contributed by atoms with E-state index in [-0.39, 0.29) is 17.6 Å². The molecule has 0 aromatic carbocycles. The number of aromatic nitrogens is 1. The Hall–Kier alpha value is -0.940. The molecule has 98 valence electrons. The van der Waals surface area contributed by atoms with E-state index >= 15 is 0 Å². The fourth-order valence-electron chi connectivity index (χ4n) is 2.29. The van der Waals surface area contributed by atoms with Gasteiger partial charge in [-0.05, 0) is 48.2 Å². The first-order valence-corrected chi connectivity index (χ1v) is 6.83. The summed E-state index contributed by atoms with van der Waals surface area (Å²) in [5.41, 5.74) is 0.372. The molecule has 1 aliphatic rings. The van der Waals surface area contributed by atoms with Crippen molar-refractivity contribution in [3.8, 4) is 0 Å². The second-order valence-corrected chi connectivity index (χ2v) is 5.63. The summed E-state index contributed by atoms with van der Waals surface area (Å²) in [6.07, 6.45) is 6.38. The maximum atomic E-state index is 12.1. The summed E-state index contributed by atoms with van der Waals surface area (Å²) in [5.74, 6) is -0.111. The lowest BCUT2D eigenvalue weighted by Crippen LogP contribution is -2.56. The van der Waals surface area contributed by atoms with E-state index in [1.54, 1.807) is 25.6 Å². The standard InChI is InChI=1S/C13H17BrN2O2/c1-9(13(18-2)4-3-5-13)16-12(17)10-6-11(14)8-15-7-10/h6-9H,3-5H2,1-2H3,(H,16,17). The van der Waals surface area contributed by atoms with Crippen LogP contribution in [0.5, 0.6) is 0 Å². The van der Waals surface area contributed by atoms with Gasteiger partial charge in [-0.3, -0.25) is 9.78 Å². The topological polar surface area (TPSA) is 51.2 Å². The van der Waals surface area contributed by atoms with Crippen molar-refractivity contribution in [2.75, 3.05) is 7.11 Å². The van der Waals surface area contributed by atoms with Gasteiger partial charge in [-0.2, -0.15) is 0 Å². The lowest BCUT2D eigenvalue weighted by Gasteiger charge is -2.45. The molecule has 1 aliphatic carbocycles. The Balaban J connectivity index is 2.03. The van der Waals surface area contributed by atoms with Crippen LogP contribution in [0.4, 0.5) is 0 Å². The van der Waals surface area contributed by atoms with E-state index in [1.165, 1.54) is 0 Å². The number of nitrogens with zero attached hydrogens (tertiary/aromatic N) is 1. The van der Waals surface area contributed by atoms with Crippen molar-refractivity contribution >= 4 is 21.8 Å². The molecule has 0 spiro atoms. The molecule has 0 aliphatic heterocycles. The molecule has 5 heteroatoms. The normalized spacial score (nSPS) is 18.8. The molecular weight excluding hydrogens is 296 g/mol. The smallest absolute Gasteiger partial charge is 0.253 e. The van der Waals surface area contributed by atoms with Crippen LogP contribution in [0, 0.1) is 0 Å². The number of amides is 1. The van der Waals surface area contributed by atoms with Crippen molar-refractivity contribution in [2.24, 2.45) is 0 Å². The van der Waals surface area contributed by atoms with E-state index in [4.69, 9.17) is 4.74 Å². The van der Waals surface area contributed by atoms with Gasteiger partial charge in [0, 0.05) is 24.0 Å². The third kappa shape index (κ3) is 2.57. The molecule has 0 bridgehead atoms. The molecule has 1 atom stereocenters. The molecule has 4 nitrogen and oxygen atoms in total. The highest BCUT2D eigenvalue weighted by molar-refractivity contribution is 9.10. The average molecular weight is 313 g/mol. The van der Waals surface area contributed by atoms with Gasteiger partial charge in [0.1, 0.15) is 0 Å². The first-order valence-electron chi connectivity index (χ1n) is 6.04. The Kier molecular flexibility index (Phi) is 4.02. The molecule has 1 amide bonds. The van der Waals surface area contributed by atoms with Crippen LogP contribution in [-0.2, 0) is 4.74 Å². The molecule has 0 saturated heterocycles. The van der Waals surface area contributed by atoms with Gasteiger partial charge in [0.15, 0.2) is 0 Å². The third-order valence-electron chi connectivity index (χ3n) is 3.71. The zero-order chi connectivity index (χ0) is 13.2. The number of halogens is 1. The number of carbonyl (C=O) groups is 1. The summed E-state index contributed by atoms with van der Waals surface area (Å²) in [6.45, 7) is 1.99. The zero-order valence-electron chi connectivity index (χ0n) is 10.6. The summed E-state index contributed by atoms with van der Waals surface area (Å²) < 4.78 is 6.36. The number of carbonyl (C=O) groups excluding carboxylic acids is 1. The minimum absolute atomic E-state index is 0.00253. The minimum Gasteiger partial charge on any atom is -0.376 e. The van der Waals surface area contributed by atoms with Crippen molar-refractivity contribution in [1.82, 2.24) is 10.3 Å². The maximum absolute atomic E-state index is 12.1. The van der Waals surface area contributed by atoms with Crippen LogP contribution in [0.15, 0.2) is 22.9 Å². The van der Waals surface area contributed by atoms with Gasteiger partial charge in [0.2, 0.25) is 0 Å². The van der Waals surface area contributed by atoms with E-state index < -0.39 is 0 Å². The molecule has 0 radical (unpaired) electrons. The second-order valence-electron chi connectivity index (χ2n) is 4.71. The van der Waals surface area contributed by atoms with E-state index in [0.29, 0.717) is 5.56 Å². The molecule has 18 heavy (non-hydrogen) atoms. The Bertz CT molecular complexity index is 441. The molecule has 1 unspecified atom stereocenters. The van der Waals surface area contributed by atoms with Crippen molar-refractivity contribution in [3.05, 3.63) is 28.5 Å². The van der Waals surface area contributed by atoms with Crippen molar-refractivity contribution in [2.45, 2.75) is 37.8 Å². The molecule has 2 rings (SSSR count). The highest BCUT2D eigenvalue weighted by Crippen LogP contribution is 2.38. The molecule has 1 aromatic heterocycles. The lowest BCUT2D eigenvalue weighted by molar-refractivity contribution is -0.0919. The van der Waals surface area contributed by atoms with Crippen LogP contribution < -0.4 is 5.32 Å². The first-order chi connectivity index (χ1) is 8.57. The summed E-state index contributed by atoms with van der Waals surface area (Å²) in [7, 11) is 1.71. The van der Waals surface area contributed by atoms with Gasteiger partial charge >= 0.3 is 0 Å². The van der Waals surface area contributed by atoms with Crippen LogP contribution in [0.25, 0.3) is 0 Å². The van der Waals surface area contributed by atoms with Gasteiger partial charge < -0.3 is 10.1 Å². The maximum Gasteiger partial charge on any atom is 0.253 e. The first kappa shape index (κ1) is 13.5. The molecular formula is C13H17BrN2O2. The molecule has 1 fully saturated rings. The van der Waals surface area contributed by atoms with Crippen LogP contribution in [0.3, 0.4) is 0 Å². The van der Waals surface area contributed by atoms with E-state index in [0.717, 1.165) is 23.7 Å². The Morgan fingerprint density at radius 1 is 1.56 bits per heavy atom. The quantitative estimate of drug-likeness (QED) is 0.929. The largest absolute Gasteiger partial charge is 0.376 e. The monoisotopic (exact) mass is 312 g/mol. The van der Waals surface area contributed by atoms with Gasteiger partial charge in [-0.15, -0.1) is 0 Å². The summed E-state index contributed by atoms with van der Waals surface area (Å²) in [4.78, 5) is 16.1. The minimum atomic E-state index is -0.185. The highest BCUT2D eigenvalue weighted by atomic mass is 79.9. The number of nitrogens with one attached hydrogen (secondary N) is 1. The Morgan fingerprint density at radius 3 is 2.78 bits per heavy atom. The lowest BCUT2D eigenvalue weighted by atomic mass is 9.75.